The predicted octanol–water partition coefficient (Wildman–Crippen LogP) is 2.41. The van der Waals surface area contributed by atoms with Gasteiger partial charge < -0.3 is 15.5 Å². The molecule has 1 unspecified atom stereocenters. The monoisotopic (exact) mass is 325 g/mol. The Morgan fingerprint density at radius 1 is 1.33 bits per heavy atom. The van der Waals surface area contributed by atoms with Crippen molar-refractivity contribution in [1.29, 1.82) is 0 Å². The molecule has 24 heavy (non-hydrogen) atoms. The zero-order valence-corrected chi connectivity index (χ0v) is 14.7. The molecule has 2 N–H and O–H groups in total. The van der Waals surface area contributed by atoms with E-state index in [1.54, 1.807) is 0 Å². The van der Waals surface area contributed by atoms with Crippen LogP contribution in [0.5, 0.6) is 0 Å². The van der Waals surface area contributed by atoms with Crippen LogP contribution in [0.4, 0.5) is 11.5 Å². The topological polar surface area (TPSA) is 45.1 Å². The number of fused-ring (bicyclic) bond motifs is 2. The van der Waals surface area contributed by atoms with Crippen LogP contribution in [0.25, 0.3) is 0 Å². The number of nitrogens with zero attached hydrogens (tertiary/aromatic N) is 3. The van der Waals surface area contributed by atoms with Gasteiger partial charge in [-0.05, 0) is 37.0 Å². The lowest BCUT2D eigenvalue weighted by atomic mass is 9.99. The first-order valence-electron chi connectivity index (χ1n) is 9.01. The normalized spacial score (nSPS) is 19.6. The second kappa shape index (κ2) is 6.48. The summed E-state index contributed by atoms with van der Waals surface area (Å²) in [6, 6.07) is 9.05. The molecule has 0 saturated carbocycles. The van der Waals surface area contributed by atoms with E-state index in [1.165, 1.54) is 36.2 Å². The van der Waals surface area contributed by atoms with Crippen LogP contribution in [-0.4, -0.2) is 36.5 Å². The maximum atomic E-state index is 4.54. The fourth-order valence-electron chi connectivity index (χ4n) is 3.89. The lowest BCUT2D eigenvalue weighted by Gasteiger charge is -2.28. The Morgan fingerprint density at radius 2 is 2.25 bits per heavy atom. The first-order valence-corrected chi connectivity index (χ1v) is 9.01. The molecule has 2 aliphatic rings. The summed E-state index contributed by atoms with van der Waals surface area (Å²) in [7, 11) is 2.19. The number of hydrogen-bond donors (Lipinski definition) is 2. The molecule has 0 bridgehead atoms. The Labute approximate surface area is 144 Å². The van der Waals surface area contributed by atoms with E-state index in [1.807, 2.05) is 6.92 Å². The molecule has 1 aromatic carbocycles. The molecule has 0 radical (unpaired) electrons. The Hall–Kier alpha value is -2.01. The molecule has 2 aliphatic heterocycles. The molecule has 1 atom stereocenters. The number of nitrogens with one attached hydrogen (secondary N) is 2. The molecule has 5 nitrogen and oxygen atoms in total. The van der Waals surface area contributed by atoms with Gasteiger partial charge in [0.05, 0.1) is 5.69 Å². The van der Waals surface area contributed by atoms with Gasteiger partial charge in [-0.15, -0.1) is 0 Å². The largest absolute Gasteiger partial charge is 0.374 e. The van der Waals surface area contributed by atoms with E-state index in [4.69, 9.17) is 0 Å². The minimum Gasteiger partial charge on any atom is -0.374 e. The zero-order chi connectivity index (χ0) is 16.5. The van der Waals surface area contributed by atoms with E-state index in [-0.39, 0.29) is 0 Å². The van der Waals surface area contributed by atoms with Gasteiger partial charge in [-0.2, -0.15) is 5.10 Å². The van der Waals surface area contributed by atoms with E-state index >= 15 is 0 Å². The summed E-state index contributed by atoms with van der Waals surface area (Å²) < 4.78 is 2.10. The maximum absolute atomic E-state index is 4.54. The smallest absolute Gasteiger partial charge is 0.124 e. The summed E-state index contributed by atoms with van der Waals surface area (Å²) >= 11 is 0. The van der Waals surface area contributed by atoms with Gasteiger partial charge in [0.15, 0.2) is 0 Å². The van der Waals surface area contributed by atoms with Gasteiger partial charge in [-0.25, -0.2) is 4.68 Å². The number of aromatic nitrogens is 2. The zero-order valence-electron chi connectivity index (χ0n) is 14.7. The number of hydrogen-bond acceptors (Lipinski definition) is 4. The van der Waals surface area contributed by atoms with Gasteiger partial charge in [-0.1, -0.05) is 12.1 Å². The van der Waals surface area contributed by atoms with E-state index in [0.29, 0.717) is 5.92 Å². The lowest BCUT2D eigenvalue weighted by Crippen LogP contribution is -2.35. The third kappa shape index (κ3) is 3.13. The van der Waals surface area contributed by atoms with Crippen molar-refractivity contribution in [2.75, 3.05) is 36.9 Å². The third-order valence-electron chi connectivity index (χ3n) is 5.16. The van der Waals surface area contributed by atoms with Gasteiger partial charge in [0.25, 0.3) is 0 Å². The molecule has 1 aromatic heterocycles. The molecule has 4 rings (SSSR count). The Bertz CT molecular complexity index is 721. The number of benzene rings is 1. The summed E-state index contributed by atoms with van der Waals surface area (Å²) in [6.07, 6.45) is 2.47. The summed E-state index contributed by atoms with van der Waals surface area (Å²) in [4.78, 5) is 2.37. The number of anilines is 2. The van der Waals surface area contributed by atoms with Crippen LogP contribution in [0.1, 0.15) is 23.2 Å². The average molecular weight is 325 g/mol. The second-order valence-electron chi connectivity index (χ2n) is 7.22. The van der Waals surface area contributed by atoms with Gasteiger partial charge in [0.1, 0.15) is 5.82 Å². The fraction of sp³-hybridized carbons (Fsp3) is 0.526. The molecule has 0 saturated heterocycles. The summed E-state index contributed by atoms with van der Waals surface area (Å²) in [5, 5.41) is 11.7. The summed E-state index contributed by atoms with van der Waals surface area (Å²) in [5.74, 6) is 1.74. The van der Waals surface area contributed by atoms with Crippen LogP contribution < -0.4 is 15.5 Å². The van der Waals surface area contributed by atoms with Crippen molar-refractivity contribution in [2.45, 2.75) is 32.9 Å². The lowest BCUT2D eigenvalue weighted by molar-refractivity contribution is 0.390. The van der Waals surface area contributed by atoms with Crippen LogP contribution in [0.3, 0.4) is 0 Å². The summed E-state index contributed by atoms with van der Waals surface area (Å²) in [5.41, 5.74) is 5.38. The molecule has 5 heteroatoms. The highest BCUT2D eigenvalue weighted by Gasteiger charge is 2.19. The Morgan fingerprint density at radius 3 is 3.17 bits per heavy atom. The average Bonchev–Trinajstić information content (AvgIpc) is 2.94. The van der Waals surface area contributed by atoms with Gasteiger partial charge in [0.2, 0.25) is 0 Å². The SMILES string of the molecule is Cc1cc2n(n1)CC(CNCc1ccc3c(c1)CCCN3C)CN2. The standard InChI is InChI=1S/C19H27N5/c1-14-8-19-21-12-16(13-24(19)22-14)11-20-10-15-5-6-18-17(9-15)4-3-7-23(18)2/h5-6,8-9,16,20-21H,3-4,7,10-13H2,1-2H3. The molecular formula is C19H27N5. The number of rotatable bonds is 4. The van der Waals surface area contributed by atoms with Crippen molar-refractivity contribution in [2.24, 2.45) is 5.92 Å². The minimum absolute atomic E-state index is 0.584. The molecular weight excluding hydrogens is 298 g/mol. The van der Waals surface area contributed by atoms with Crippen LogP contribution in [0.15, 0.2) is 24.3 Å². The van der Waals surface area contributed by atoms with E-state index in [2.05, 4.69) is 56.6 Å². The van der Waals surface area contributed by atoms with Crippen molar-refractivity contribution in [3.63, 3.8) is 0 Å². The number of aryl methyl sites for hydroxylation is 2. The summed E-state index contributed by atoms with van der Waals surface area (Å²) in [6.45, 7) is 7.20. The van der Waals surface area contributed by atoms with Crippen LogP contribution in [0, 0.1) is 12.8 Å². The predicted molar refractivity (Wildman–Crippen MR) is 98.7 cm³/mol. The van der Waals surface area contributed by atoms with Gasteiger partial charge in [-0.3, -0.25) is 0 Å². The van der Waals surface area contributed by atoms with E-state index in [0.717, 1.165) is 37.7 Å². The van der Waals surface area contributed by atoms with Crippen LogP contribution >= 0.6 is 0 Å². The maximum Gasteiger partial charge on any atom is 0.124 e. The molecule has 0 spiro atoms. The van der Waals surface area contributed by atoms with Crippen LogP contribution in [0.2, 0.25) is 0 Å². The van der Waals surface area contributed by atoms with Crippen LogP contribution in [-0.2, 0) is 19.5 Å². The van der Waals surface area contributed by atoms with E-state index in [9.17, 15) is 0 Å². The minimum atomic E-state index is 0.584. The van der Waals surface area contributed by atoms with Crippen molar-refractivity contribution in [3.05, 3.63) is 41.1 Å². The van der Waals surface area contributed by atoms with Crippen molar-refractivity contribution < 1.29 is 0 Å². The third-order valence-corrected chi connectivity index (χ3v) is 5.16. The highest BCUT2D eigenvalue weighted by atomic mass is 15.3. The molecule has 2 aromatic rings. The molecule has 3 heterocycles. The van der Waals surface area contributed by atoms with Gasteiger partial charge >= 0.3 is 0 Å². The van der Waals surface area contributed by atoms with E-state index < -0.39 is 0 Å². The Balaban J connectivity index is 1.32. The fourth-order valence-corrected chi connectivity index (χ4v) is 3.89. The molecule has 0 aliphatic carbocycles. The second-order valence-corrected chi connectivity index (χ2v) is 7.22. The highest BCUT2D eigenvalue weighted by Crippen LogP contribution is 2.26. The Kier molecular flexibility index (Phi) is 4.19. The molecule has 0 amide bonds. The first kappa shape index (κ1) is 15.5. The van der Waals surface area contributed by atoms with Crippen molar-refractivity contribution in [3.8, 4) is 0 Å². The molecule has 0 fully saturated rings. The first-order chi connectivity index (χ1) is 11.7. The quantitative estimate of drug-likeness (QED) is 0.906. The highest BCUT2D eigenvalue weighted by molar-refractivity contribution is 5.56. The van der Waals surface area contributed by atoms with Crippen molar-refractivity contribution >= 4 is 11.5 Å². The van der Waals surface area contributed by atoms with Gasteiger partial charge in [0, 0.05) is 57.4 Å². The molecule has 128 valence electrons. The van der Waals surface area contributed by atoms with Crippen molar-refractivity contribution in [1.82, 2.24) is 15.1 Å².